The third kappa shape index (κ3) is 1.48. The maximum absolute atomic E-state index is 13.5. The van der Waals surface area contributed by atoms with Crippen LogP contribution in [0.15, 0.2) is 18.2 Å². The number of hydrogen-bond acceptors (Lipinski definition) is 3. The zero-order valence-corrected chi connectivity index (χ0v) is 8.54. The number of nitrogens with two attached hydrogens (primary N) is 2. The Kier molecular flexibility index (Phi) is 2.26. The number of imidazole rings is 1. The molecule has 1 aromatic heterocycles. The minimum atomic E-state index is -0.591. The zero-order chi connectivity index (χ0) is 11.9. The van der Waals surface area contributed by atoms with Gasteiger partial charge in [0, 0.05) is 5.56 Å². The second-order valence-electron chi connectivity index (χ2n) is 3.39. The molecule has 0 fully saturated rings. The van der Waals surface area contributed by atoms with Crippen molar-refractivity contribution < 1.29 is 8.78 Å². The van der Waals surface area contributed by atoms with Crippen LogP contribution < -0.4 is 11.6 Å². The number of nitrogens with zero attached hydrogens (tertiary/aromatic N) is 2. The summed E-state index contributed by atoms with van der Waals surface area (Å²) in [7, 11) is 0. The van der Waals surface area contributed by atoms with Crippen LogP contribution in [-0.4, -0.2) is 9.66 Å². The van der Waals surface area contributed by atoms with Gasteiger partial charge in [0.25, 0.3) is 0 Å². The van der Waals surface area contributed by atoms with Crippen molar-refractivity contribution in [2.75, 3.05) is 11.6 Å². The summed E-state index contributed by atoms with van der Waals surface area (Å²) in [5.41, 5.74) is 5.80. The lowest BCUT2D eigenvalue weighted by molar-refractivity contribution is 0.603. The lowest BCUT2D eigenvalue weighted by Crippen LogP contribution is -2.13. The minimum absolute atomic E-state index is 0.00444. The maximum atomic E-state index is 13.5. The van der Waals surface area contributed by atoms with Crippen LogP contribution in [-0.2, 0) is 0 Å². The van der Waals surface area contributed by atoms with Crippen LogP contribution >= 0.6 is 0 Å². The van der Waals surface area contributed by atoms with Crippen molar-refractivity contribution >= 4 is 5.82 Å². The Bertz CT molecular complexity index is 548. The molecule has 0 bridgehead atoms. The van der Waals surface area contributed by atoms with E-state index in [0.29, 0.717) is 5.82 Å². The van der Waals surface area contributed by atoms with Gasteiger partial charge in [-0.15, -0.1) is 0 Å². The van der Waals surface area contributed by atoms with Crippen LogP contribution in [0.1, 0.15) is 5.82 Å². The van der Waals surface area contributed by atoms with Crippen LogP contribution in [0.4, 0.5) is 14.6 Å². The molecule has 6 heteroatoms. The average molecular weight is 224 g/mol. The lowest BCUT2D eigenvalue weighted by atomic mass is 10.1. The van der Waals surface area contributed by atoms with Crippen LogP contribution in [0.5, 0.6) is 0 Å². The molecule has 0 aliphatic heterocycles. The molecule has 0 saturated carbocycles. The molecule has 0 unspecified atom stereocenters. The molecule has 0 aliphatic rings. The normalized spacial score (nSPS) is 10.7. The second-order valence-corrected chi connectivity index (χ2v) is 3.39. The molecule has 0 aliphatic carbocycles. The molecule has 0 atom stereocenters. The van der Waals surface area contributed by atoms with Gasteiger partial charge in [0.05, 0.1) is 0 Å². The highest BCUT2D eigenvalue weighted by Gasteiger charge is 2.16. The average Bonchev–Trinajstić information content (AvgIpc) is 2.50. The van der Waals surface area contributed by atoms with Gasteiger partial charge in [0.15, 0.2) is 5.82 Å². The number of anilines is 1. The Labute approximate surface area is 90.5 Å². The van der Waals surface area contributed by atoms with E-state index in [1.54, 1.807) is 6.92 Å². The van der Waals surface area contributed by atoms with Crippen molar-refractivity contribution in [1.82, 2.24) is 9.66 Å². The molecule has 0 radical (unpaired) electrons. The van der Waals surface area contributed by atoms with Crippen molar-refractivity contribution in [2.24, 2.45) is 0 Å². The second kappa shape index (κ2) is 3.48. The summed E-state index contributed by atoms with van der Waals surface area (Å²) in [5.74, 6) is 4.92. The summed E-state index contributed by atoms with van der Waals surface area (Å²) in [6.07, 6.45) is 0. The Hall–Kier alpha value is -2.11. The van der Waals surface area contributed by atoms with Gasteiger partial charge in [0.2, 0.25) is 0 Å². The van der Waals surface area contributed by atoms with Crippen molar-refractivity contribution in [3.63, 3.8) is 0 Å². The molecule has 0 spiro atoms. The molecule has 84 valence electrons. The van der Waals surface area contributed by atoms with Crippen molar-refractivity contribution in [3.8, 4) is 11.3 Å². The van der Waals surface area contributed by atoms with Crippen LogP contribution in [0, 0.1) is 18.6 Å². The largest absolute Gasteiger partial charge is 0.382 e. The third-order valence-corrected chi connectivity index (χ3v) is 2.31. The lowest BCUT2D eigenvalue weighted by Gasteiger charge is -2.02. The molecular formula is C10H10F2N4. The Morgan fingerprint density at radius 3 is 2.56 bits per heavy atom. The number of halogens is 2. The van der Waals surface area contributed by atoms with Crippen LogP contribution in [0.3, 0.4) is 0 Å². The van der Waals surface area contributed by atoms with Gasteiger partial charge < -0.3 is 11.6 Å². The standard InChI is InChI=1S/C10H10F2N4/c1-5-15-9(10(13)16(5)14)7-4-6(11)2-3-8(7)12/h2-4H,13-14H2,1H3. The van der Waals surface area contributed by atoms with E-state index >= 15 is 0 Å². The van der Waals surface area contributed by atoms with Crippen LogP contribution in [0.2, 0.25) is 0 Å². The number of benzene rings is 1. The first-order valence-corrected chi connectivity index (χ1v) is 4.56. The summed E-state index contributed by atoms with van der Waals surface area (Å²) < 4.78 is 27.6. The number of nitrogen functional groups attached to an aromatic ring is 2. The third-order valence-electron chi connectivity index (χ3n) is 2.31. The van der Waals surface area contributed by atoms with Crippen molar-refractivity contribution in [1.29, 1.82) is 0 Å². The van der Waals surface area contributed by atoms with Crippen molar-refractivity contribution in [3.05, 3.63) is 35.7 Å². The van der Waals surface area contributed by atoms with E-state index < -0.39 is 11.6 Å². The monoisotopic (exact) mass is 224 g/mol. The highest BCUT2D eigenvalue weighted by Crippen LogP contribution is 2.27. The first-order valence-electron chi connectivity index (χ1n) is 4.56. The van der Waals surface area contributed by atoms with E-state index in [1.807, 2.05) is 0 Å². The highest BCUT2D eigenvalue weighted by molar-refractivity contribution is 5.71. The quantitative estimate of drug-likeness (QED) is 0.720. The fraction of sp³-hybridized carbons (Fsp3) is 0.100. The first kappa shape index (κ1) is 10.4. The van der Waals surface area contributed by atoms with Gasteiger partial charge in [-0.2, -0.15) is 0 Å². The molecule has 16 heavy (non-hydrogen) atoms. The summed E-state index contributed by atoms with van der Waals surface area (Å²) in [6, 6.07) is 3.09. The predicted octanol–water partition coefficient (Wildman–Crippen LogP) is 1.43. The van der Waals surface area contributed by atoms with Gasteiger partial charge >= 0.3 is 0 Å². The van der Waals surface area contributed by atoms with Crippen molar-refractivity contribution in [2.45, 2.75) is 6.92 Å². The molecule has 4 nitrogen and oxygen atoms in total. The summed E-state index contributed by atoms with van der Waals surface area (Å²) in [6.45, 7) is 1.62. The number of hydrogen-bond donors (Lipinski definition) is 2. The molecule has 0 amide bonds. The smallest absolute Gasteiger partial charge is 0.150 e. The molecular weight excluding hydrogens is 214 g/mol. The molecule has 2 rings (SSSR count). The van der Waals surface area contributed by atoms with Crippen LogP contribution in [0.25, 0.3) is 11.3 Å². The van der Waals surface area contributed by atoms with Gasteiger partial charge in [-0.25, -0.2) is 18.4 Å². The first-order chi connectivity index (χ1) is 7.50. The van der Waals surface area contributed by atoms with Gasteiger partial charge in [-0.3, -0.25) is 0 Å². The highest BCUT2D eigenvalue weighted by atomic mass is 19.1. The zero-order valence-electron chi connectivity index (χ0n) is 8.54. The molecule has 0 saturated heterocycles. The molecule has 1 aromatic carbocycles. The predicted molar refractivity (Wildman–Crippen MR) is 56.9 cm³/mol. The Balaban J connectivity index is 2.67. The fourth-order valence-electron chi connectivity index (χ4n) is 1.44. The number of rotatable bonds is 1. The topological polar surface area (TPSA) is 69.9 Å². The van der Waals surface area contributed by atoms with E-state index in [1.165, 1.54) is 0 Å². The fourth-order valence-corrected chi connectivity index (χ4v) is 1.44. The number of aromatic nitrogens is 2. The Morgan fingerprint density at radius 2 is 2.00 bits per heavy atom. The van der Waals surface area contributed by atoms with E-state index in [2.05, 4.69) is 4.98 Å². The van der Waals surface area contributed by atoms with Gasteiger partial charge in [-0.1, -0.05) is 0 Å². The summed E-state index contributed by atoms with van der Waals surface area (Å²) in [4.78, 5) is 3.99. The molecule has 1 heterocycles. The van der Waals surface area contributed by atoms with Gasteiger partial charge in [-0.05, 0) is 25.1 Å². The van der Waals surface area contributed by atoms with E-state index in [9.17, 15) is 8.78 Å². The minimum Gasteiger partial charge on any atom is -0.382 e. The summed E-state index contributed by atoms with van der Waals surface area (Å²) in [5, 5.41) is 0. The Morgan fingerprint density at radius 1 is 1.31 bits per heavy atom. The molecule has 2 aromatic rings. The van der Waals surface area contributed by atoms with E-state index in [0.717, 1.165) is 22.9 Å². The maximum Gasteiger partial charge on any atom is 0.150 e. The van der Waals surface area contributed by atoms with Gasteiger partial charge in [0.1, 0.15) is 23.2 Å². The summed E-state index contributed by atoms with van der Waals surface area (Å²) >= 11 is 0. The number of aryl methyl sites for hydroxylation is 1. The van der Waals surface area contributed by atoms with E-state index in [4.69, 9.17) is 11.6 Å². The SMILES string of the molecule is Cc1nc(-c2cc(F)ccc2F)c(N)n1N. The van der Waals surface area contributed by atoms with E-state index in [-0.39, 0.29) is 17.1 Å². The molecule has 4 N–H and O–H groups in total.